The lowest BCUT2D eigenvalue weighted by Crippen LogP contribution is -2.18. The molecule has 3 heteroatoms. The quantitative estimate of drug-likeness (QED) is 0.651. The van der Waals surface area contributed by atoms with Gasteiger partial charge < -0.3 is 0 Å². The second-order valence-corrected chi connectivity index (χ2v) is 5.01. The molecule has 1 amide bonds. The first-order valence-electron chi connectivity index (χ1n) is 7.35. The number of hydrogen-bond acceptors (Lipinski definition) is 2. The van der Waals surface area contributed by atoms with Crippen molar-refractivity contribution in [2.45, 2.75) is 20.3 Å². The smallest absolute Gasteiger partial charge is 0.267 e. The third-order valence-corrected chi connectivity index (χ3v) is 3.24. The van der Waals surface area contributed by atoms with Crippen LogP contribution in [0, 0.1) is 6.92 Å². The van der Waals surface area contributed by atoms with E-state index in [0.29, 0.717) is 5.56 Å². The Balaban J connectivity index is 2.01. The fourth-order valence-corrected chi connectivity index (χ4v) is 1.88. The van der Waals surface area contributed by atoms with Crippen molar-refractivity contribution in [3.8, 4) is 0 Å². The number of hydrazone groups is 1. The Hall–Kier alpha value is -2.68. The molecule has 0 unspecified atom stereocenters. The molecule has 0 atom stereocenters. The number of nitrogens with one attached hydrogen (secondary N) is 1. The lowest BCUT2D eigenvalue weighted by molar-refractivity contribution is 0.0955. The van der Waals surface area contributed by atoms with Crippen LogP contribution in [0.3, 0.4) is 0 Å². The first-order valence-corrected chi connectivity index (χ1v) is 7.35. The van der Waals surface area contributed by atoms with Gasteiger partial charge in [-0.05, 0) is 37.1 Å². The highest BCUT2D eigenvalue weighted by atomic mass is 16.2. The molecule has 3 nitrogen and oxygen atoms in total. The lowest BCUT2D eigenvalue weighted by atomic mass is 10.1. The highest BCUT2D eigenvalue weighted by Gasteiger charge is 2.02. The fourth-order valence-electron chi connectivity index (χ4n) is 1.88. The van der Waals surface area contributed by atoms with Crippen LogP contribution >= 0.6 is 0 Å². The molecular formula is C19H20N2O. The molecule has 0 spiro atoms. The number of carbonyl (C=O) groups excluding carboxylic acids is 1. The van der Waals surface area contributed by atoms with Crippen molar-refractivity contribution in [3.05, 3.63) is 77.4 Å². The van der Waals surface area contributed by atoms with Gasteiger partial charge >= 0.3 is 0 Å². The molecule has 0 aromatic heterocycles. The number of carbonyl (C=O) groups is 1. The number of hydrogen-bond donors (Lipinski definition) is 1. The van der Waals surface area contributed by atoms with E-state index in [-0.39, 0.29) is 5.91 Å². The fraction of sp³-hybridized carbons (Fsp3) is 0.158. The Morgan fingerprint density at radius 1 is 1.09 bits per heavy atom. The molecule has 2 aromatic carbocycles. The minimum absolute atomic E-state index is 0.199. The van der Waals surface area contributed by atoms with Crippen molar-refractivity contribution in [3.63, 3.8) is 0 Å². The standard InChI is InChI=1S/C19H20N2O/c1-3-18(14-13-16-11-9-15(2)10-12-16)20-21-19(22)17-7-5-4-6-8-17/h4-14H,3H2,1-2H3,(H,21,22)/b14-13+,20-18+. The zero-order valence-electron chi connectivity index (χ0n) is 12.9. The van der Waals surface area contributed by atoms with Gasteiger partial charge in [0.05, 0.1) is 5.71 Å². The average molecular weight is 292 g/mol. The number of nitrogens with zero attached hydrogens (tertiary/aromatic N) is 1. The van der Waals surface area contributed by atoms with Gasteiger partial charge in [-0.3, -0.25) is 4.79 Å². The van der Waals surface area contributed by atoms with Gasteiger partial charge in [-0.15, -0.1) is 0 Å². The second kappa shape index (κ2) is 7.93. The van der Waals surface area contributed by atoms with Crippen LogP contribution < -0.4 is 5.43 Å². The molecule has 112 valence electrons. The van der Waals surface area contributed by atoms with E-state index < -0.39 is 0 Å². The molecular weight excluding hydrogens is 272 g/mol. The van der Waals surface area contributed by atoms with Crippen LogP contribution in [0.5, 0.6) is 0 Å². The van der Waals surface area contributed by atoms with Gasteiger partial charge in [-0.2, -0.15) is 5.10 Å². The number of benzene rings is 2. The Kier molecular flexibility index (Phi) is 5.66. The number of allylic oxidation sites excluding steroid dienone is 1. The molecule has 0 saturated heterocycles. The maximum absolute atomic E-state index is 11.9. The third-order valence-electron chi connectivity index (χ3n) is 3.24. The summed E-state index contributed by atoms with van der Waals surface area (Å²) in [6.07, 6.45) is 4.67. The largest absolute Gasteiger partial charge is 0.271 e. The Labute approximate surface area is 131 Å². The van der Waals surface area contributed by atoms with Crippen molar-refractivity contribution in [1.29, 1.82) is 0 Å². The topological polar surface area (TPSA) is 41.5 Å². The summed E-state index contributed by atoms with van der Waals surface area (Å²) in [4.78, 5) is 11.9. The van der Waals surface area contributed by atoms with E-state index in [2.05, 4.69) is 41.7 Å². The maximum atomic E-state index is 11.9. The van der Waals surface area contributed by atoms with E-state index in [1.807, 2.05) is 37.3 Å². The van der Waals surface area contributed by atoms with Crippen LogP contribution in [0.15, 0.2) is 65.8 Å². The van der Waals surface area contributed by atoms with Crippen LogP contribution in [0.25, 0.3) is 6.08 Å². The Morgan fingerprint density at radius 2 is 1.77 bits per heavy atom. The van der Waals surface area contributed by atoms with Gasteiger partial charge in [0.2, 0.25) is 0 Å². The summed E-state index contributed by atoms with van der Waals surface area (Å²) in [5, 5.41) is 4.18. The van der Waals surface area contributed by atoms with Gasteiger partial charge in [-0.1, -0.05) is 61.0 Å². The summed E-state index contributed by atoms with van der Waals surface area (Å²) >= 11 is 0. The first kappa shape index (κ1) is 15.7. The highest BCUT2D eigenvalue weighted by molar-refractivity contribution is 6.00. The van der Waals surface area contributed by atoms with Crippen LogP contribution in [0.1, 0.15) is 34.8 Å². The summed E-state index contributed by atoms with van der Waals surface area (Å²) in [5.41, 5.74) is 6.36. The molecule has 22 heavy (non-hydrogen) atoms. The van der Waals surface area contributed by atoms with Crippen molar-refractivity contribution in [1.82, 2.24) is 5.43 Å². The van der Waals surface area contributed by atoms with Crippen LogP contribution in [-0.2, 0) is 0 Å². The summed E-state index contributed by atoms with van der Waals surface area (Å²) < 4.78 is 0. The van der Waals surface area contributed by atoms with Crippen molar-refractivity contribution < 1.29 is 4.79 Å². The van der Waals surface area contributed by atoms with E-state index in [4.69, 9.17) is 0 Å². The lowest BCUT2D eigenvalue weighted by Gasteiger charge is -2.01. The summed E-state index contributed by atoms with van der Waals surface area (Å²) in [5.74, 6) is -0.199. The van der Waals surface area contributed by atoms with Crippen molar-refractivity contribution in [2.24, 2.45) is 5.10 Å². The maximum Gasteiger partial charge on any atom is 0.271 e. The van der Waals surface area contributed by atoms with E-state index in [0.717, 1.165) is 17.7 Å². The normalized spacial score (nSPS) is 11.6. The van der Waals surface area contributed by atoms with Gasteiger partial charge in [-0.25, -0.2) is 5.43 Å². The summed E-state index contributed by atoms with van der Waals surface area (Å²) in [7, 11) is 0. The van der Waals surface area contributed by atoms with E-state index in [1.165, 1.54) is 5.56 Å². The molecule has 0 aliphatic heterocycles. The second-order valence-electron chi connectivity index (χ2n) is 5.01. The molecule has 0 fully saturated rings. The van der Waals surface area contributed by atoms with Crippen LogP contribution in [-0.4, -0.2) is 11.6 Å². The molecule has 0 heterocycles. The monoisotopic (exact) mass is 292 g/mol. The highest BCUT2D eigenvalue weighted by Crippen LogP contribution is 2.05. The first-order chi connectivity index (χ1) is 10.7. The molecule has 2 rings (SSSR count). The zero-order valence-corrected chi connectivity index (χ0v) is 12.9. The van der Waals surface area contributed by atoms with Gasteiger partial charge in [0.25, 0.3) is 5.91 Å². The van der Waals surface area contributed by atoms with Crippen molar-refractivity contribution >= 4 is 17.7 Å². The SMILES string of the molecule is CCC(/C=C/c1ccc(C)cc1)=N\NC(=O)c1ccccc1. The molecule has 0 aliphatic rings. The Morgan fingerprint density at radius 3 is 2.41 bits per heavy atom. The van der Waals surface area contributed by atoms with Gasteiger partial charge in [0.15, 0.2) is 0 Å². The minimum atomic E-state index is -0.199. The Bertz CT molecular complexity index is 670. The summed E-state index contributed by atoms with van der Waals surface area (Å²) in [6.45, 7) is 4.07. The molecule has 0 radical (unpaired) electrons. The molecule has 1 N–H and O–H groups in total. The summed E-state index contributed by atoms with van der Waals surface area (Å²) in [6, 6.07) is 17.3. The van der Waals surface area contributed by atoms with Crippen molar-refractivity contribution in [2.75, 3.05) is 0 Å². The predicted molar refractivity (Wildman–Crippen MR) is 91.8 cm³/mol. The number of rotatable bonds is 5. The minimum Gasteiger partial charge on any atom is -0.267 e. The molecule has 0 bridgehead atoms. The molecule has 0 saturated carbocycles. The zero-order chi connectivity index (χ0) is 15.8. The van der Waals surface area contributed by atoms with Crippen LogP contribution in [0.2, 0.25) is 0 Å². The molecule has 0 aliphatic carbocycles. The van der Waals surface area contributed by atoms with Gasteiger partial charge in [0.1, 0.15) is 0 Å². The third kappa shape index (κ3) is 4.70. The average Bonchev–Trinajstić information content (AvgIpc) is 2.57. The van der Waals surface area contributed by atoms with E-state index in [9.17, 15) is 4.79 Å². The number of amides is 1. The number of aryl methyl sites for hydroxylation is 1. The van der Waals surface area contributed by atoms with Gasteiger partial charge in [0, 0.05) is 5.56 Å². The van der Waals surface area contributed by atoms with E-state index in [1.54, 1.807) is 12.1 Å². The van der Waals surface area contributed by atoms with Crippen LogP contribution in [0.4, 0.5) is 0 Å². The van der Waals surface area contributed by atoms with E-state index >= 15 is 0 Å². The molecule has 2 aromatic rings. The predicted octanol–water partition coefficient (Wildman–Crippen LogP) is 4.20.